The van der Waals surface area contributed by atoms with E-state index < -0.39 is 11.4 Å². The molecular formula is C34H35NO3. The molecule has 1 aliphatic heterocycles. The Morgan fingerprint density at radius 1 is 0.842 bits per heavy atom. The van der Waals surface area contributed by atoms with Gasteiger partial charge in [-0.1, -0.05) is 92.7 Å². The average Bonchev–Trinajstić information content (AvgIpc) is 2.92. The number of ether oxygens (including phenoxy) is 1. The lowest BCUT2D eigenvalue weighted by Gasteiger charge is -2.29. The molecule has 1 N–H and O–H groups in total. The molecule has 1 heterocycles. The van der Waals surface area contributed by atoms with Crippen molar-refractivity contribution in [2.75, 3.05) is 6.54 Å². The van der Waals surface area contributed by atoms with Crippen molar-refractivity contribution in [2.45, 2.75) is 51.8 Å². The van der Waals surface area contributed by atoms with Crippen LogP contribution in [-0.4, -0.2) is 22.5 Å². The van der Waals surface area contributed by atoms with Gasteiger partial charge in [-0.2, -0.15) is 0 Å². The van der Waals surface area contributed by atoms with Gasteiger partial charge in [-0.05, 0) is 63.6 Å². The van der Waals surface area contributed by atoms with Crippen LogP contribution in [0.1, 0.15) is 48.1 Å². The second kappa shape index (κ2) is 11.2. The lowest BCUT2D eigenvalue weighted by molar-refractivity contribution is -0.138. The average molecular weight is 506 g/mol. The molecular weight excluding hydrogens is 470 g/mol. The highest BCUT2D eigenvalue weighted by Crippen LogP contribution is 2.30. The molecule has 0 bridgehead atoms. The predicted octanol–water partition coefficient (Wildman–Crippen LogP) is 7.24. The van der Waals surface area contributed by atoms with Gasteiger partial charge in [0.15, 0.2) is 0 Å². The molecule has 0 saturated heterocycles. The van der Waals surface area contributed by atoms with Gasteiger partial charge in [0.25, 0.3) is 0 Å². The monoisotopic (exact) mass is 505 g/mol. The Hall–Kier alpha value is -3.89. The SMILES string of the molecule is CC(C)(CC(=O)O)c1ccc(OCc2cccc(-c3ccc4c(c3)CCN(Cc3ccccc3)C4)c2)cc1. The van der Waals surface area contributed by atoms with Crippen molar-refractivity contribution in [3.05, 3.63) is 125 Å². The molecule has 5 rings (SSSR count). The Morgan fingerprint density at radius 2 is 1.58 bits per heavy atom. The topological polar surface area (TPSA) is 49.8 Å². The fourth-order valence-electron chi connectivity index (χ4n) is 5.26. The second-order valence-electron chi connectivity index (χ2n) is 10.9. The first-order chi connectivity index (χ1) is 18.4. The number of nitrogens with zero attached hydrogens (tertiary/aromatic N) is 1. The summed E-state index contributed by atoms with van der Waals surface area (Å²) in [6, 6.07) is 33.9. The molecule has 0 atom stereocenters. The number of aliphatic carboxylic acids is 1. The van der Waals surface area contributed by atoms with E-state index in [1.54, 1.807) is 0 Å². The molecule has 0 unspecified atom stereocenters. The summed E-state index contributed by atoms with van der Waals surface area (Å²) in [7, 11) is 0. The number of rotatable bonds is 9. The largest absolute Gasteiger partial charge is 0.489 e. The van der Waals surface area contributed by atoms with Gasteiger partial charge in [0.1, 0.15) is 12.4 Å². The molecule has 4 aromatic rings. The van der Waals surface area contributed by atoms with Gasteiger partial charge in [0, 0.05) is 25.0 Å². The van der Waals surface area contributed by atoms with Crippen LogP contribution < -0.4 is 4.74 Å². The van der Waals surface area contributed by atoms with E-state index in [0.29, 0.717) is 6.61 Å². The molecule has 4 nitrogen and oxygen atoms in total. The highest BCUT2D eigenvalue weighted by Gasteiger charge is 2.24. The first-order valence-electron chi connectivity index (χ1n) is 13.3. The number of benzene rings is 4. The maximum absolute atomic E-state index is 11.2. The van der Waals surface area contributed by atoms with Gasteiger partial charge in [0.2, 0.25) is 0 Å². The fourth-order valence-corrected chi connectivity index (χ4v) is 5.26. The Balaban J connectivity index is 1.22. The smallest absolute Gasteiger partial charge is 0.304 e. The van der Waals surface area contributed by atoms with Crippen LogP contribution in [0.3, 0.4) is 0 Å². The molecule has 0 saturated carbocycles. The number of hydrogen-bond donors (Lipinski definition) is 1. The number of hydrogen-bond acceptors (Lipinski definition) is 3. The fraction of sp³-hybridized carbons (Fsp3) is 0.265. The van der Waals surface area contributed by atoms with Crippen molar-refractivity contribution in [1.29, 1.82) is 0 Å². The summed E-state index contributed by atoms with van der Waals surface area (Å²) in [6.07, 6.45) is 1.16. The highest BCUT2D eigenvalue weighted by molar-refractivity contribution is 5.69. The van der Waals surface area contributed by atoms with E-state index in [1.165, 1.54) is 27.8 Å². The van der Waals surface area contributed by atoms with Crippen LogP contribution in [0.15, 0.2) is 97.1 Å². The molecule has 0 aromatic heterocycles. The molecule has 4 heteroatoms. The maximum Gasteiger partial charge on any atom is 0.304 e. The molecule has 1 aliphatic rings. The molecule has 0 radical (unpaired) electrons. The van der Waals surface area contributed by atoms with Crippen molar-refractivity contribution in [2.24, 2.45) is 0 Å². The zero-order chi connectivity index (χ0) is 26.5. The van der Waals surface area contributed by atoms with Crippen molar-refractivity contribution in [3.8, 4) is 16.9 Å². The molecule has 0 aliphatic carbocycles. The zero-order valence-electron chi connectivity index (χ0n) is 22.2. The van der Waals surface area contributed by atoms with Crippen LogP contribution in [0.2, 0.25) is 0 Å². The van der Waals surface area contributed by atoms with Gasteiger partial charge in [-0.15, -0.1) is 0 Å². The van der Waals surface area contributed by atoms with Gasteiger partial charge in [-0.3, -0.25) is 9.69 Å². The van der Waals surface area contributed by atoms with E-state index in [2.05, 4.69) is 77.7 Å². The molecule has 0 spiro atoms. The third-order valence-corrected chi connectivity index (χ3v) is 7.44. The van der Waals surface area contributed by atoms with Gasteiger partial charge in [-0.25, -0.2) is 0 Å². The maximum atomic E-state index is 11.2. The van der Waals surface area contributed by atoms with Crippen LogP contribution in [-0.2, 0) is 36.3 Å². The van der Waals surface area contributed by atoms with Crippen LogP contribution in [0, 0.1) is 0 Å². The third-order valence-electron chi connectivity index (χ3n) is 7.44. The minimum atomic E-state index is -0.792. The summed E-state index contributed by atoms with van der Waals surface area (Å²) < 4.78 is 6.06. The van der Waals surface area contributed by atoms with Gasteiger partial charge >= 0.3 is 5.97 Å². The third kappa shape index (κ3) is 6.32. The molecule has 0 fully saturated rings. The van der Waals surface area contributed by atoms with Gasteiger partial charge < -0.3 is 9.84 Å². The van der Waals surface area contributed by atoms with E-state index in [1.807, 2.05) is 38.1 Å². The second-order valence-corrected chi connectivity index (χ2v) is 10.9. The van der Waals surface area contributed by atoms with Crippen molar-refractivity contribution in [3.63, 3.8) is 0 Å². The number of fused-ring (bicyclic) bond motifs is 1. The highest BCUT2D eigenvalue weighted by atomic mass is 16.5. The molecule has 4 aromatic carbocycles. The number of carboxylic acids is 1. The van der Waals surface area contributed by atoms with E-state index in [0.717, 1.165) is 42.9 Å². The number of carboxylic acid groups (broad SMARTS) is 1. The van der Waals surface area contributed by atoms with Crippen LogP contribution in [0.4, 0.5) is 0 Å². The Morgan fingerprint density at radius 3 is 2.34 bits per heavy atom. The first-order valence-corrected chi connectivity index (χ1v) is 13.3. The van der Waals surface area contributed by atoms with Crippen molar-refractivity contribution < 1.29 is 14.6 Å². The Kier molecular flexibility index (Phi) is 7.62. The summed E-state index contributed by atoms with van der Waals surface area (Å²) in [5.74, 6) is -0.0155. The lowest BCUT2D eigenvalue weighted by atomic mass is 9.82. The quantitative estimate of drug-likeness (QED) is 0.260. The summed E-state index contributed by atoms with van der Waals surface area (Å²) in [5, 5.41) is 9.17. The van der Waals surface area contributed by atoms with Crippen LogP contribution in [0.5, 0.6) is 5.75 Å². The first kappa shape index (κ1) is 25.7. The van der Waals surface area contributed by atoms with Crippen LogP contribution >= 0.6 is 0 Å². The molecule has 38 heavy (non-hydrogen) atoms. The van der Waals surface area contributed by atoms with Gasteiger partial charge in [0.05, 0.1) is 6.42 Å². The Labute approximate surface area is 225 Å². The lowest BCUT2D eigenvalue weighted by Crippen LogP contribution is -2.30. The predicted molar refractivity (Wildman–Crippen MR) is 152 cm³/mol. The zero-order valence-corrected chi connectivity index (χ0v) is 22.2. The van der Waals surface area contributed by atoms with E-state index >= 15 is 0 Å². The van der Waals surface area contributed by atoms with E-state index in [4.69, 9.17) is 4.74 Å². The minimum absolute atomic E-state index is 0.0919. The number of carbonyl (C=O) groups is 1. The summed E-state index contributed by atoms with van der Waals surface area (Å²) in [5.41, 5.74) is 8.36. The summed E-state index contributed by atoms with van der Waals surface area (Å²) in [6.45, 7) is 7.43. The summed E-state index contributed by atoms with van der Waals surface area (Å²) in [4.78, 5) is 13.7. The van der Waals surface area contributed by atoms with E-state index in [9.17, 15) is 9.90 Å². The Bertz CT molecular complexity index is 1390. The summed E-state index contributed by atoms with van der Waals surface area (Å²) >= 11 is 0. The van der Waals surface area contributed by atoms with Crippen molar-refractivity contribution >= 4 is 5.97 Å². The van der Waals surface area contributed by atoms with Crippen LogP contribution in [0.25, 0.3) is 11.1 Å². The standard InChI is InChI=1S/C34H35NO3/c1-34(2,21-33(36)37)31-13-15-32(16-14-31)38-24-26-9-6-10-27(19-26)28-11-12-30-23-35(18-17-29(30)20-28)22-25-7-4-3-5-8-25/h3-16,19-20H,17-18,21-24H2,1-2H3,(H,36,37). The molecule has 194 valence electrons. The normalized spacial score (nSPS) is 13.6. The van der Waals surface area contributed by atoms with E-state index in [-0.39, 0.29) is 6.42 Å². The minimum Gasteiger partial charge on any atom is -0.489 e. The molecule has 0 amide bonds. The van der Waals surface area contributed by atoms with Crippen molar-refractivity contribution in [1.82, 2.24) is 4.90 Å².